The van der Waals surface area contributed by atoms with Crippen molar-refractivity contribution in [3.63, 3.8) is 0 Å². The average molecular weight is 515 g/mol. The van der Waals surface area contributed by atoms with E-state index in [1.165, 1.54) is 5.56 Å². The van der Waals surface area contributed by atoms with Crippen LogP contribution in [-0.4, -0.2) is 53.7 Å². The summed E-state index contributed by atoms with van der Waals surface area (Å²) in [6.45, 7) is 8.78. The van der Waals surface area contributed by atoms with E-state index in [0.717, 1.165) is 49.4 Å². The Morgan fingerprint density at radius 1 is 1.18 bits per heavy atom. The van der Waals surface area contributed by atoms with E-state index in [9.17, 15) is 4.79 Å². The van der Waals surface area contributed by atoms with Gasteiger partial charge in [-0.15, -0.1) is 6.58 Å². The number of allylic oxidation sites excluding steroid dienone is 1. The molecule has 1 aliphatic carbocycles. The van der Waals surface area contributed by atoms with Crippen molar-refractivity contribution in [1.29, 1.82) is 0 Å². The first-order valence-electron chi connectivity index (χ1n) is 13.9. The molecule has 0 unspecified atom stereocenters. The Morgan fingerprint density at radius 3 is 2.61 bits per heavy atom. The number of aliphatic imine (C=N–C) groups is 1. The van der Waals surface area contributed by atoms with Gasteiger partial charge in [0.05, 0.1) is 18.2 Å². The lowest BCUT2D eigenvalue weighted by Gasteiger charge is -2.40. The van der Waals surface area contributed by atoms with E-state index in [0.29, 0.717) is 25.3 Å². The van der Waals surface area contributed by atoms with Crippen molar-refractivity contribution in [2.75, 3.05) is 20.2 Å². The lowest BCUT2D eigenvalue weighted by atomic mass is 9.66. The molecule has 3 aliphatic heterocycles. The zero-order valence-corrected chi connectivity index (χ0v) is 22.4. The van der Waals surface area contributed by atoms with Crippen LogP contribution in [0.1, 0.15) is 56.1 Å². The van der Waals surface area contributed by atoms with Crippen molar-refractivity contribution in [2.45, 2.75) is 63.4 Å². The molecule has 7 nitrogen and oxygen atoms in total. The summed E-state index contributed by atoms with van der Waals surface area (Å²) in [7, 11) is 1.69. The highest BCUT2D eigenvalue weighted by Crippen LogP contribution is 2.60. The van der Waals surface area contributed by atoms with E-state index in [-0.39, 0.29) is 24.0 Å². The Labute approximate surface area is 225 Å². The predicted octanol–water partition coefficient (Wildman–Crippen LogP) is 4.70. The monoisotopic (exact) mass is 514 g/mol. The molecular formula is C31H38N4O3. The number of likely N-dealkylation sites (tertiary alicyclic amines) is 1. The molecular weight excluding hydrogens is 476 g/mol. The highest BCUT2D eigenvalue weighted by molar-refractivity contribution is 6.02. The van der Waals surface area contributed by atoms with Crippen molar-refractivity contribution in [3.05, 3.63) is 72.6 Å². The molecule has 5 atom stereocenters. The predicted molar refractivity (Wildman–Crippen MR) is 147 cm³/mol. The molecule has 4 heterocycles. The van der Waals surface area contributed by atoms with Gasteiger partial charge < -0.3 is 19.7 Å². The summed E-state index contributed by atoms with van der Waals surface area (Å²) in [5.74, 6) is 1.56. The van der Waals surface area contributed by atoms with Gasteiger partial charge in [0.25, 0.3) is 0 Å². The molecule has 2 bridgehead atoms. The molecule has 1 aromatic carbocycles. The zero-order valence-electron chi connectivity index (χ0n) is 22.4. The minimum absolute atomic E-state index is 0.0786. The van der Waals surface area contributed by atoms with Crippen molar-refractivity contribution in [2.24, 2.45) is 22.2 Å². The van der Waals surface area contributed by atoms with Gasteiger partial charge in [0, 0.05) is 31.3 Å². The van der Waals surface area contributed by atoms with Crippen LogP contribution in [0.5, 0.6) is 5.75 Å². The number of carbonyl (C=O) groups excluding carboxylic acids is 1. The van der Waals surface area contributed by atoms with Crippen molar-refractivity contribution in [1.82, 2.24) is 15.2 Å². The Kier molecular flexibility index (Phi) is 6.60. The first-order chi connectivity index (χ1) is 18.5. The third kappa shape index (κ3) is 3.98. The van der Waals surface area contributed by atoms with Gasteiger partial charge in [0.2, 0.25) is 5.91 Å². The van der Waals surface area contributed by atoms with Crippen molar-refractivity contribution in [3.8, 4) is 5.75 Å². The van der Waals surface area contributed by atoms with E-state index < -0.39 is 11.1 Å². The summed E-state index contributed by atoms with van der Waals surface area (Å²) in [5, 5.41) is 3.46. The highest BCUT2D eigenvalue weighted by Gasteiger charge is 2.69. The van der Waals surface area contributed by atoms with Crippen molar-refractivity contribution < 1.29 is 14.3 Å². The Bertz CT molecular complexity index is 1210. The number of ether oxygens (including phenoxy) is 2. The molecule has 1 aromatic heterocycles. The van der Waals surface area contributed by atoms with Crippen LogP contribution in [0.4, 0.5) is 0 Å². The number of hydrogen-bond acceptors (Lipinski definition) is 6. The summed E-state index contributed by atoms with van der Waals surface area (Å²) in [6.07, 6.45) is 9.35. The lowest BCUT2D eigenvalue weighted by Crippen LogP contribution is -2.53. The third-order valence-corrected chi connectivity index (χ3v) is 9.53. The molecule has 38 heavy (non-hydrogen) atoms. The van der Waals surface area contributed by atoms with E-state index in [1.54, 1.807) is 19.5 Å². The van der Waals surface area contributed by atoms with E-state index >= 15 is 0 Å². The molecule has 1 N–H and O–H groups in total. The molecule has 1 amide bonds. The summed E-state index contributed by atoms with van der Waals surface area (Å²) in [5.41, 5.74) is 1.86. The summed E-state index contributed by atoms with van der Waals surface area (Å²) in [4.78, 5) is 26.2. The number of methoxy groups -OCH3 is 1. The fourth-order valence-electron chi connectivity index (χ4n) is 7.34. The summed E-state index contributed by atoms with van der Waals surface area (Å²) < 4.78 is 12.5. The van der Waals surface area contributed by atoms with Gasteiger partial charge in [0.15, 0.2) is 12.0 Å². The van der Waals surface area contributed by atoms with Crippen LogP contribution in [0.25, 0.3) is 0 Å². The number of amides is 1. The minimum atomic E-state index is -0.825. The number of nitrogens with zero attached hydrogens (tertiary/aromatic N) is 3. The molecule has 6 rings (SSSR count). The van der Waals surface area contributed by atoms with E-state index in [2.05, 4.69) is 35.9 Å². The standard InChI is InChI=1S/C31H38N4O3/c1-4-13-30-20-31(35(29(30)36)19-22-9-14-32-15-10-22)27(34-28(38-31)24-11-16-33-17-12-24)18-26(21(30)2)23-5-7-25(37-3)8-6-23/h4-10,14-15,21,24,26,28,33H,1,11-13,16-20H2,2-3H3/t21-,26+,28-,30+,31+/m1/s1. The number of benzene rings is 1. The van der Waals surface area contributed by atoms with Crippen LogP contribution in [0.15, 0.2) is 66.4 Å². The molecule has 200 valence electrons. The number of hydrogen-bond donors (Lipinski definition) is 1. The molecule has 0 radical (unpaired) electrons. The van der Waals surface area contributed by atoms with Gasteiger partial charge in [-0.2, -0.15) is 0 Å². The van der Waals surface area contributed by atoms with Crippen LogP contribution < -0.4 is 10.1 Å². The van der Waals surface area contributed by atoms with Crippen LogP contribution in [-0.2, 0) is 16.1 Å². The fourth-order valence-corrected chi connectivity index (χ4v) is 7.34. The highest BCUT2D eigenvalue weighted by atomic mass is 16.6. The second kappa shape index (κ2) is 9.93. The zero-order chi connectivity index (χ0) is 26.3. The Morgan fingerprint density at radius 2 is 1.92 bits per heavy atom. The van der Waals surface area contributed by atoms with Crippen LogP contribution >= 0.6 is 0 Å². The van der Waals surface area contributed by atoms with Gasteiger partial charge in [0.1, 0.15) is 5.75 Å². The topological polar surface area (TPSA) is 76.0 Å². The van der Waals surface area contributed by atoms with Gasteiger partial charge >= 0.3 is 0 Å². The fraction of sp³-hybridized carbons (Fsp3) is 0.516. The maximum Gasteiger partial charge on any atom is 0.232 e. The second-order valence-corrected chi connectivity index (χ2v) is 11.4. The Hall–Kier alpha value is -3.03. The lowest BCUT2D eigenvalue weighted by molar-refractivity contribution is -0.156. The van der Waals surface area contributed by atoms with Crippen LogP contribution in [0, 0.1) is 17.3 Å². The maximum atomic E-state index is 14.7. The van der Waals surface area contributed by atoms with Gasteiger partial charge in [-0.1, -0.05) is 25.1 Å². The van der Waals surface area contributed by atoms with E-state index in [4.69, 9.17) is 14.5 Å². The molecule has 2 aromatic rings. The first-order valence-corrected chi connectivity index (χ1v) is 13.9. The molecule has 2 saturated heterocycles. The molecule has 1 saturated carbocycles. The van der Waals surface area contributed by atoms with Gasteiger partial charge in [-0.25, -0.2) is 0 Å². The number of carbonyl (C=O) groups is 1. The van der Waals surface area contributed by atoms with E-state index in [1.807, 2.05) is 35.2 Å². The number of fused-ring (bicyclic) bond motifs is 1. The summed E-state index contributed by atoms with van der Waals surface area (Å²) >= 11 is 0. The third-order valence-electron chi connectivity index (χ3n) is 9.53. The number of rotatable bonds is 7. The second-order valence-electron chi connectivity index (χ2n) is 11.4. The number of pyridine rings is 1. The Balaban J connectivity index is 1.46. The molecule has 7 heteroatoms. The largest absolute Gasteiger partial charge is 0.497 e. The quantitative estimate of drug-likeness (QED) is 0.542. The van der Waals surface area contributed by atoms with Gasteiger partial charge in [-0.05, 0) is 86.0 Å². The van der Waals surface area contributed by atoms with Crippen LogP contribution in [0.3, 0.4) is 0 Å². The summed E-state index contributed by atoms with van der Waals surface area (Å²) in [6, 6.07) is 12.3. The number of nitrogens with one attached hydrogen (secondary N) is 1. The van der Waals surface area contributed by atoms with Gasteiger partial charge in [-0.3, -0.25) is 14.8 Å². The SMILES string of the molecule is C=CC[C@]12C[C@@]3(O[C@H](C4CCNCC4)N=C3C[C@H](c3ccc(OC)cc3)[C@H]1C)N(Cc1ccncc1)C2=O. The molecule has 4 aliphatic rings. The smallest absolute Gasteiger partial charge is 0.232 e. The normalized spacial score (nSPS) is 33.0. The minimum Gasteiger partial charge on any atom is -0.497 e. The van der Waals surface area contributed by atoms with Crippen LogP contribution in [0.2, 0.25) is 0 Å². The maximum absolute atomic E-state index is 14.7. The number of aromatic nitrogens is 1. The molecule has 3 fully saturated rings. The number of piperidine rings is 1. The first kappa shape index (κ1) is 25.3. The average Bonchev–Trinajstić information content (AvgIpc) is 3.40. The van der Waals surface area contributed by atoms with Crippen molar-refractivity contribution >= 4 is 11.6 Å². The molecule has 1 spiro atoms.